The highest BCUT2D eigenvalue weighted by Crippen LogP contribution is 2.20. The molecule has 21 heavy (non-hydrogen) atoms. The van der Waals surface area contributed by atoms with Crippen molar-refractivity contribution in [2.24, 2.45) is 0 Å². The van der Waals surface area contributed by atoms with E-state index in [-0.39, 0.29) is 10.3 Å². The number of carboxylic acids is 1. The second-order valence-corrected chi connectivity index (χ2v) is 6.05. The molecule has 6 heteroatoms. The molecule has 0 aliphatic heterocycles. The molecule has 0 unspecified atom stereocenters. The number of nitrogens with zero attached hydrogens (tertiary/aromatic N) is 2. The van der Waals surface area contributed by atoms with E-state index in [1.54, 1.807) is 0 Å². The van der Waals surface area contributed by atoms with Gasteiger partial charge in [-0.25, -0.2) is 4.79 Å². The van der Waals surface area contributed by atoms with Crippen molar-refractivity contribution in [2.45, 2.75) is 39.5 Å². The van der Waals surface area contributed by atoms with E-state index < -0.39 is 5.97 Å². The Morgan fingerprint density at radius 1 is 1.19 bits per heavy atom. The maximum Gasteiger partial charge on any atom is 0.359 e. The number of carbonyl (C=O) groups is 1. The predicted octanol–water partition coefficient (Wildman–Crippen LogP) is 4.20. The number of aromatic amines is 1. The molecule has 0 atom stereocenters. The largest absolute Gasteiger partial charge is 0.476 e. The number of halogens is 1. The van der Waals surface area contributed by atoms with E-state index in [0.717, 1.165) is 0 Å². The lowest BCUT2D eigenvalue weighted by Crippen LogP contribution is -1.96. The van der Waals surface area contributed by atoms with Crippen LogP contribution in [0.2, 0.25) is 0 Å². The monoisotopic (exact) mass is 353 g/mol. The van der Waals surface area contributed by atoms with Crippen LogP contribution in [-0.2, 0) is 0 Å². The van der Waals surface area contributed by atoms with Crippen molar-refractivity contribution >= 4 is 21.9 Å². The SMILES string of the molecule is CC(C)c1cccc(C(C)C)c1.O=C(O)c1nn[nH]c1Br. The van der Waals surface area contributed by atoms with Crippen LogP contribution in [0.1, 0.15) is 61.1 Å². The number of carboxylic acid groups (broad SMARTS) is 1. The van der Waals surface area contributed by atoms with E-state index >= 15 is 0 Å². The average molecular weight is 354 g/mol. The Hall–Kier alpha value is -1.69. The third-order valence-electron chi connectivity index (χ3n) is 2.95. The van der Waals surface area contributed by atoms with E-state index in [0.29, 0.717) is 11.8 Å². The number of hydrogen-bond donors (Lipinski definition) is 2. The third-order valence-corrected chi connectivity index (χ3v) is 3.51. The molecule has 2 N–H and O–H groups in total. The quantitative estimate of drug-likeness (QED) is 0.866. The molecule has 1 aromatic heterocycles. The number of aromatic carboxylic acids is 1. The zero-order valence-corrected chi connectivity index (χ0v) is 14.2. The van der Waals surface area contributed by atoms with E-state index in [1.807, 2.05) is 0 Å². The lowest BCUT2D eigenvalue weighted by Gasteiger charge is -2.09. The maximum absolute atomic E-state index is 10.1. The second kappa shape index (κ2) is 7.93. The first-order valence-electron chi connectivity index (χ1n) is 6.72. The van der Waals surface area contributed by atoms with Crippen LogP contribution in [0.4, 0.5) is 0 Å². The summed E-state index contributed by atoms with van der Waals surface area (Å²) < 4.78 is 0.287. The Labute approximate surface area is 132 Å². The van der Waals surface area contributed by atoms with Crippen molar-refractivity contribution < 1.29 is 9.90 Å². The summed E-state index contributed by atoms with van der Waals surface area (Å²) in [5.74, 6) is 0.183. The number of aromatic nitrogens is 3. The van der Waals surface area contributed by atoms with Gasteiger partial charge in [-0.2, -0.15) is 0 Å². The van der Waals surface area contributed by atoms with Crippen molar-refractivity contribution in [3.8, 4) is 0 Å². The molecule has 0 bridgehead atoms. The Morgan fingerprint density at radius 3 is 2.00 bits per heavy atom. The first-order chi connectivity index (χ1) is 9.82. The Balaban J connectivity index is 0.000000219. The van der Waals surface area contributed by atoms with E-state index in [2.05, 4.69) is 83.3 Å². The molecule has 0 fully saturated rings. The van der Waals surface area contributed by atoms with Crippen LogP contribution in [0.15, 0.2) is 28.9 Å². The summed E-state index contributed by atoms with van der Waals surface area (Å²) in [7, 11) is 0. The Morgan fingerprint density at radius 2 is 1.71 bits per heavy atom. The van der Waals surface area contributed by atoms with Gasteiger partial charge in [0.25, 0.3) is 0 Å². The minimum atomic E-state index is -1.10. The molecule has 0 saturated carbocycles. The zero-order valence-electron chi connectivity index (χ0n) is 12.6. The van der Waals surface area contributed by atoms with Crippen LogP contribution in [-0.4, -0.2) is 26.5 Å². The van der Waals surface area contributed by atoms with Crippen molar-refractivity contribution in [2.75, 3.05) is 0 Å². The molecule has 0 saturated heterocycles. The normalized spacial score (nSPS) is 10.4. The number of benzene rings is 1. The minimum absolute atomic E-state index is 0.102. The van der Waals surface area contributed by atoms with Gasteiger partial charge in [0.1, 0.15) is 4.60 Å². The van der Waals surface area contributed by atoms with Gasteiger partial charge >= 0.3 is 5.97 Å². The van der Waals surface area contributed by atoms with Crippen LogP contribution in [0.3, 0.4) is 0 Å². The zero-order chi connectivity index (χ0) is 16.0. The van der Waals surface area contributed by atoms with E-state index in [9.17, 15) is 4.79 Å². The van der Waals surface area contributed by atoms with Gasteiger partial charge < -0.3 is 5.11 Å². The molecule has 1 aromatic carbocycles. The summed E-state index contributed by atoms with van der Waals surface area (Å²) >= 11 is 2.91. The first kappa shape index (κ1) is 17.4. The highest BCUT2D eigenvalue weighted by Gasteiger charge is 2.10. The first-order valence-corrected chi connectivity index (χ1v) is 7.52. The molecule has 5 nitrogen and oxygen atoms in total. The van der Waals surface area contributed by atoms with Gasteiger partial charge in [0.15, 0.2) is 0 Å². The fraction of sp³-hybridized carbons (Fsp3) is 0.400. The summed E-state index contributed by atoms with van der Waals surface area (Å²) in [4.78, 5) is 10.1. The molecule has 0 amide bonds. The van der Waals surface area contributed by atoms with Crippen LogP contribution in [0, 0.1) is 0 Å². The molecule has 0 aliphatic rings. The molecule has 0 radical (unpaired) electrons. The van der Waals surface area contributed by atoms with Gasteiger partial charge in [0.2, 0.25) is 5.69 Å². The number of rotatable bonds is 3. The summed E-state index contributed by atoms with van der Waals surface area (Å²) in [6.45, 7) is 8.94. The number of nitrogens with one attached hydrogen (secondary N) is 1. The molecular formula is C15H20BrN3O2. The maximum atomic E-state index is 10.1. The molecule has 0 spiro atoms. The van der Waals surface area contributed by atoms with Gasteiger partial charge in [0.05, 0.1) is 0 Å². The smallest absolute Gasteiger partial charge is 0.359 e. The summed E-state index contributed by atoms with van der Waals surface area (Å²) in [5.41, 5.74) is 2.79. The van der Waals surface area contributed by atoms with Crippen molar-refractivity contribution in [3.05, 3.63) is 45.7 Å². The highest BCUT2D eigenvalue weighted by molar-refractivity contribution is 9.10. The fourth-order valence-corrected chi connectivity index (χ4v) is 1.96. The van der Waals surface area contributed by atoms with Gasteiger partial charge in [-0.15, -0.1) is 5.10 Å². The molecular weight excluding hydrogens is 334 g/mol. The molecule has 1 heterocycles. The minimum Gasteiger partial charge on any atom is -0.476 e. The lowest BCUT2D eigenvalue weighted by atomic mass is 9.96. The number of hydrogen-bond acceptors (Lipinski definition) is 3. The average Bonchev–Trinajstić information content (AvgIpc) is 2.86. The van der Waals surface area contributed by atoms with Gasteiger partial charge in [-0.05, 0) is 38.9 Å². The van der Waals surface area contributed by atoms with Gasteiger partial charge in [-0.1, -0.05) is 57.2 Å². The summed E-state index contributed by atoms with van der Waals surface area (Å²) in [6, 6.07) is 8.88. The Bertz CT molecular complexity index is 571. The van der Waals surface area contributed by atoms with Crippen LogP contribution in [0.5, 0.6) is 0 Å². The van der Waals surface area contributed by atoms with Crippen molar-refractivity contribution in [3.63, 3.8) is 0 Å². The third kappa shape index (κ3) is 5.30. The molecule has 2 aromatic rings. The molecule has 0 aliphatic carbocycles. The van der Waals surface area contributed by atoms with Crippen LogP contribution < -0.4 is 0 Å². The fourth-order valence-electron chi connectivity index (χ4n) is 1.63. The van der Waals surface area contributed by atoms with Crippen molar-refractivity contribution in [1.29, 1.82) is 0 Å². The van der Waals surface area contributed by atoms with Gasteiger partial charge in [-0.3, -0.25) is 5.10 Å². The van der Waals surface area contributed by atoms with E-state index in [1.165, 1.54) is 11.1 Å². The van der Waals surface area contributed by atoms with Crippen LogP contribution in [0.25, 0.3) is 0 Å². The highest BCUT2D eigenvalue weighted by atomic mass is 79.9. The molecule has 114 valence electrons. The second-order valence-electron chi connectivity index (χ2n) is 5.26. The van der Waals surface area contributed by atoms with Gasteiger partial charge in [0, 0.05) is 0 Å². The Kier molecular flexibility index (Phi) is 6.55. The summed E-state index contributed by atoms with van der Waals surface area (Å²) in [6.07, 6.45) is 0. The number of H-pyrrole nitrogens is 1. The van der Waals surface area contributed by atoms with Crippen LogP contribution >= 0.6 is 15.9 Å². The lowest BCUT2D eigenvalue weighted by molar-refractivity contribution is 0.0689. The van der Waals surface area contributed by atoms with Crippen molar-refractivity contribution in [1.82, 2.24) is 15.4 Å². The summed E-state index contributed by atoms with van der Waals surface area (Å²) in [5, 5.41) is 17.1. The predicted molar refractivity (Wildman–Crippen MR) is 85.7 cm³/mol. The topological polar surface area (TPSA) is 78.9 Å². The van der Waals surface area contributed by atoms with E-state index in [4.69, 9.17) is 5.11 Å². The standard InChI is InChI=1S/C12H18.C3H2BrN3O2/c1-9(2)11-6-5-7-12(8-11)10(3)4;4-2-1(3(8)9)5-7-6-2/h5-10H,1-4H3;(H,8,9)(H,5,6,7). The molecule has 2 rings (SSSR count).